The Labute approximate surface area is 93.7 Å². The molecule has 1 rings (SSSR count). The van der Waals surface area contributed by atoms with E-state index >= 15 is 0 Å². The fraction of sp³-hybridized carbons (Fsp3) is 0.273. The van der Waals surface area contributed by atoms with Gasteiger partial charge < -0.3 is 10.5 Å². The molecule has 0 amide bonds. The molecule has 0 saturated carbocycles. The van der Waals surface area contributed by atoms with Crippen molar-refractivity contribution in [2.75, 3.05) is 13.2 Å². The van der Waals surface area contributed by atoms with Crippen molar-refractivity contribution in [2.24, 2.45) is 5.73 Å². The Balaban J connectivity index is 2.84. The molecule has 0 saturated heterocycles. The van der Waals surface area contributed by atoms with E-state index < -0.39 is 4.92 Å². The molecule has 16 heavy (non-hydrogen) atoms. The summed E-state index contributed by atoms with van der Waals surface area (Å²) in [6.07, 6.45) is 2.28. The molecule has 2 N–H and O–H groups in total. The summed E-state index contributed by atoms with van der Waals surface area (Å²) >= 11 is 0. The van der Waals surface area contributed by atoms with Gasteiger partial charge in [0.15, 0.2) is 0 Å². The largest absolute Gasteiger partial charge is 0.493 e. The summed E-state index contributed by atoms with van der Waals surface area (Å²) in [5.41, 5.74) is 5.98. The molecule has 1 aromatic rings. The first-order valence-corrected chi connectivity index (χ1v) is 4.92. The topological polar surface area (TPSA) is 78.4 Å². The van der Waals surface area contributed by atoms with E-state index in [2.05, 4.69) is 6.58 Å². The first-order valence-electron chi connectivity index (χ1n) is 4.92. The lowest BCUT2D eigenvalue weighted by molar-refractivity contribution is -0.384. The number of nitrogens with zero attached hydrogens (tertiary/aromatic N) is 1. The maximum absolute atomic E-state index is 10.6. The molecule has 5 heteroatoms. The van der Waals surface area contributed by atoms with Gasteiger partial charge >= 0.3 is 0 Å². The highest BCUT2D eigenvalue weighted by Gasteiger charge is 2.09. The van der Waals surface area contributed by atoms with Gasteiger partial charge in [0.1, 0.15) is 5.75 Å². The van der Waals surface area contributed by atoms with E-state index in [4.69, 9.17) is 10.5 Å². The fourth-order valence-corrected chi connectivity index (χ4v) is 1.21. The third-order valence-corrected chi connectivity index (χ3v) is 2.03. The lowest BCUT2D eigenvalue weighted by atomic mass is 10.2. The highest BCUT2D eigenvalue weighted by Crippen LogP contribution is 2.25. The Bertz CT molecular complexity index is 391. The van der Waals surface area contributed by atoms with Gasteiger partial charge in [-0.1, -0.05) is 12.7 Å². The Kier molecular flexibility index (Phi) is 4.47. The van der Waals surface area contributed by atoms with Gasteiger partial charge in [0.25, 0.3) is 5.69 Å². The molecular weight excluding hydrogens is 208 g/mol. The number of hydrogen-bond donors (Lipinski definition) is 1. The van der Waals surface area contributed by atoms with Crippen molar-refractivity contribution in [3.05, 3.63) is 40.5 Å². The van der Waals surface area contributed by atoms with Crippen molar-refractivity contribution in [1.29, 1.82) is 0 Å². The van der Waals surface area contributed by atoms with E-state index in [9.17, 15) is 10.1 Å². The van der Waals surface area contributed by atoms with Gasteiger partial charge in [-0.3, -0.25) is 10.1 Å². The van der Waals surface area contributed by atoms with Gasteiger partial charge in [0, 0.05) is 17.7 Å². The van der Waals surface area contributed by atoms with Crippen LogP contribution in [0.25, 0.3) is 6.08 Å². The second-order valence-corrected chi connectivity index (χ2v) is 3.17. The summed E-state index contributed by atoms with van der Waals surface area (Å²) in [6, 6.07) is 4.42. The van der Waals surface area contributed by atoms with Crippen LogP contribution >= 0.6 is 0 Å². The molecule has 0 spiro atoms. The van der Waals surface area contributed by atoms with Gasteiger partial charge in [0.05, 0.1) is 11.5 Å². The van der Waals surface area contributed by atoms with Crippen LogP contribution in [0.15, 0.2) is 24.8 Å². The molecule has 0 bridgehead atoms. The Morgan fingerprint density at radius 3 is 2.88 bits per heavy atom. The van der Waals surface area contributed by atoms with Crippen LogP contribution in [0.3, 0.4) is 0 Å². The Morgan fingerprint density at radius 1 is 1.56 bits per heavy atom. The smallest absolute Gasteiger partial charge is 0.270 e. The van der Waals surface area contributed by atoms with Crippen LogP contribution in [-0.2, 0) is 0 Å². The fourth-order valence-electron chi connectivity index (χ4n) is 1.21. The van der Waals surface area contributed by atoms with Crippen LogP contribution < -0.4 is 10.5 Å². The zero-order valence-corrected chi connectivity index (χ0v) is 8.89. The minimum Gasteiger partial charge on any atom is -0.493 e. The quantitative estimate of drug-likeness (QED) is 0.453. The highest BCUT2D eigenvalue weighted by atomic mass is 16.6. The molecule has 1 aromatic carbocycles. The summed E-state index contributed by atoms with van der Waals surface area (Å²) in [5, 5.41) is 10.6. The van der Waals surface area contributed by atoms with E-state index in [1.165, 1.54) is 18.2 Å². The standard InChI is InChI=1S/C11H14N2O3/c1-2-9-8-10(13(14)15)4-5-11(9)16-7-3-6-12/h2,4-5,8H,1,3,6-7,12H2. The van der Waals surface area contributed by atoms with Crippen LogP contribution in [0.1, 0.15) is 12.0 Å². The van der Waals surface area contributed by atoms with Gasteiger partial charge in [0.2, 0.25) is 0 Å². The molecule has 0 heterocycles. The molecule has 0 aliphatic carbocycles. The molecule has 0 aliphatic rings. The van der Waals surface area contributed by atoms with Crippen molar-refractivity contribution in [2.45, 2.75) is 6.42 Å². The van der Waals surface area contributed by atoms with Gasteiger partial charge in [-0.25, -0.2) is 0 Å². The second-order valence-electron chi connectivity index (χ2n) is 3.17. The highest BCUT2D eigenvalue weighted by molar-refractivity contribution is 5.59. The second kappa shape index (κ2) is 5.87. The molecule has 0 atom stereocenters. The average molecular weight is 222 g/mol. The van der Waals surface area contributed by atoms with Crippen molar-refractivity contribution < 1.29 is 9.66 Å². The average Bonchev–Trinajstić information content (AvgIpc) is 2.29. The normalized spacial score (nSPS) is 9.81. The number of nitrogens with two attached hydrogens (primary N) is 1. The Morgan fingerprint density at radius 2 is 2.31 bits per heavy atom. The number of non-ortho nitro benzene ring substituents is 1. The third kappa shape index (κ3) is 3.06. The number of hydrogen-bond acceptors (Lipinski definition) is 4. The maximum atomic E-state index is 10.6. The van der Waals surface area contributed by atoms with Crippen LogP contribution in [-0.4, -0.2) is 18.1 Å². The van der Waals surface area contributed by atoms with E-state index in [1.807, 2.05) is 0 Å². The molecular formula is C11H14N2O3. The lowest BCUT2D eigenvalue weighted by Gasteiger charge is -2.08. The Hall–Kier alpha value is -1.88. The number of benzene rings is 1. The van der Waals surface area contributed by atoms with E-state index in [-0.39, 0.29) is 5.69 Å². The third-order valence-electron chi connectivity index (χ3n) is 2.03. The number of nitro benzene ring substituents is 1. The van der Waals surface area contributed by atoms with Gasteiger partial charge in [-0.15, -0.1) is 0 Å². The summed E-state index contributed by atoms with van der Waals surface area (Å²) < 4.78 is 5.43. The molecule has 0 unspecified atom stereocenters. The summed E-state index contributed by atoms with van der Waals surface area (Å²) in [5.74, 6) is 0.592. The predicted octanol–water partition coefficient (Wildman–Crippen LogP) is 1.97. The minimum absolute atomic E-state index is 0.0288. The van der Waals surface area contributed by atoms with Crippen molar-refractivity contribution in [1.82, 2.24) is 0 Å². The molecule has 0 aromatic heterocycles. The van der Waals surface area contributed by atoms with Crippen LogP contribution in [0.4, 0.5) is 5.69 Å². The van der Waals surface area contributed by atoms with E-state index in [0.717, 1.165) is 6.42 Å². The maximum Gasteiger partial charge on any atom is 0.270 e. The van der Waals surface area contributed by atoms with Gasteiger partial charge in [-0.2, -0.15) is 0 Å². The summed E-state index contributed by atoms with van der Waals surface area (Å²) in [4.78, 5) is 10.1. The SMILES string of the molecule is C=Cc1cc([N+](=O)[O-])ccc1OCCCN. The monoisotopic (exact) mass is 222 g/mol. The first kappa shape index (κ1) is 12.2. The molecule has 5 nitrogen and oxygen atoms in total. The zero-order valence-electron chi connectivity index (χ0n) is 8.89. The summed E-state index contributed by atoms with van der Waals surface area (Å²) in [7, 11) is 0. The molecule has 0 radical (unpaired) electrons. The number of rotatable bonds is 6. The molecule has 0 aliphatic heterocycles. The van der Waals surface area contributed by atoms with Gasteiger partial charge in [-0.05, 0) is 19.0 Å². The number of nitro groups is 1. The van der Waals surface area contributed by atoms with Crippen molar-refractivity contribution >= 4 is 11.8 Å². The molecule has 0 fully saturated rings. The number of ether oxygens (including phenoxy) is 1. The van der Waals surface area contributed by atoms with Crippen LogP contribution in [0.5, 0.6) is 5.75 Å². The predicted molar refractivity (Wildman–Crippen MR) is 62.4 cm³/mol. The first-order chi connectivity index (χ1) is 7.69. The minimum atomic E-state index is -0.448. The molecule has 86 valence electrons. The lowest BCUT2D eigenvalue weighted by Crippen LogP contribution is -2.06. The van der Waals surface area contributed by atoms with Crippen molar-refractivity contribution in [3.8, 4) is 5.75 Å². The van der Waals surface area contributed by atoms with Crippen molar-refractivity contribution in [3.63, 3.8) is 0 Å². The van der Waals surface area contributed by atoms with E-state index in [1.54, 1.807) is 6.07 Å². The zero-order chi connectivity index (χ0) is 12.0. The van der Waals surface area contributed by atoms with Crippen LogP contribution in [0.2, 0.25) is 0 Å². The van der Waals surface area contributed by atoms with E-state index in [0.29, 0.717) is 24.5 Å². The summed E-state index contributed by atoms with van der Waals surface area (Å²) in [6.45, 7) is 4.64. The van der Waals surface area contributed by atoms with Crippen LogP contribution in [0, 0.1) is 10.1 Å².